The van der Waals surface area contributed by atoms with Gasteiger partial charge in [-0.05, 0) is 12.0 Å². The topological polar surface area (TPSA) is 94.2 Å². The second kappa shape index (κ2) is 8.32. The van der Waals surface area contributed by atoms with E-state index in [0.29, 0.717) is 0 Å². The molecule has 2 N–H and O–H groups in total. The monoisotopic (exact) mass is 375 g/mol. The Morgan fingerprint density at radius 3 is 2.65 bits per heavy atom. The first-order valence-electron chi connectivity index (χ1n) is 7.79. The smallest absolute Gasteiger partial charge is 0.475 e. The van der Waals surface area contributed by atoms with E-state index >= 15 is 0 Å². The van der Waals surface area contributed by atoms with Crippen molar-refractivity contribution in [3.63, 3.8) is 0 Å². The number of alkyl halides is 3. The third kappa shape index (κ3) is 5.56. The van der Waals surface area contributed by atoms with Crippen molar-refractivity contribution in [3.05, 3.63) is 35.4 Å². The third-order valence-electron chi connectivity index (χ3n) is 3.59. The number of hydrogen-bond acceptors (Lipinski definition) is 5. The molecule has 1 unspecified atom stereocenters. The predicted octanol–water partition coefficient (Wildman–Crippen LogP) is 1.19. The number of nitrogens with zero attached hydrogens (tertiary/aromatic N) is 4. The fraction of sp³-hybridized carbons (Fsp3) is 0.533. The molecular weight excluding hydrogens is 355 g/mol. The van der Waals surface area contributed by atoms with Gasteiger partial charge in [0.1, 0.15) is 6.10 Å². The van der Waals surface area contributed by atoms with Gasteiger partial charge in [-0.3, -0.25) is 9.36 Å². The number of halogens is 3. The lowest BCUT2D eigenvalue weighted by Gasteiger charge is -2.22. The van der Waals surface area contributed by atoms with Gasteiger partial charge in [0.15, 0.2) is 0 Å². The summed E-state index contributed by atoms with van der Waals surface area (Å²) in [7, 11) is 3.88. The first-order valence-corrected chi connectivity index (χ1v) is 7.79. The van der Waals surface area contributed by atoms with Gasteiger partial charge in [-0.15, -0.1) is 0 Å². The molecule has 0 bridgehead atoms. The molecule has 144 valence electrons. The van der Waals surface area contributed by atoms with Crippen molar-refractivity contribution in [1.82, 2.24) is 24.9 Å². The van der Waals surface area contributed by atoms with Crippen LogP contribution in [0.25, 0.3) is 0 Å². The Labute approximate surface area is 147 Å². The molecule has 0 amide bonds. The van der Waals surface area contributed by atoms with Crippen LogP contribution < -0.4 is 5.32 Å². The van der Waals surface area contributed by atoms with E-state index in [-0.39, 0.29) is 6.10 Å². The van der Waals surface area contributed by atoms with Gasteiger partial charge in [0.2, 0.25) is 0 Å². The van der Waals surface area contributed by atoms with Crippen LogP contribution in [-0.2, 0) is 36.6 Å². The zero-order valence-corrected chi connectivity index (χ0v) is 14.3. The average Bonchev–Trinajstić information content (AvgIpc) is 3.12. The molecular formula is C15H20F3N5O3. The molecule has 3 heterocycles. The van der Waals surface area contributed by atoms with E-state index in [1.807, 2.05) is 35.9 Å². The summed E-state index contributed by atoms with van der Waals surface area (Å²) in [5, 5.41) is 19.2. The maximum Gasteiger partial charge on any atom is 0.490 e. The largest absolute Gasteiger partial charge is 0.490 e. The molecule has 2 aromatic rings. The summed E-state index contributed by atoms with van der Waals surface area (Å²) >= 11 is 0. The number of fused-ring (bicyclic) bond motifs is 1. The third-order valence-corrected chi connectivity index (χ3v) is 3.59. The van der Waals surface area contributed by atoms with E-state index in [9.17, 15) is 13.2 Å². The molecule has 0 radical (unpaired) electrons. The molecule has 0 saturated carbocycles. The van der Waals surface area contributed by atoms with Crippen LogP contribution in [0.1, 0.15) is 22.9 Å². The zero-order valence-electron chi connectivity index (χ0n) is 14.3. The van der Waals surface area contributed by atoms with Gasteiger partial charge in [0.05, 0.1) is 18.5 Å². The Bertz CT molecular complexity index is 741. The fourth-order valence-corrected chi connectivity index (χ4v) is 2.47. The normalized spacial score (nSPS) is 16.6. The van der Waals surface area contributed by atoms with Crippen molar-refractivity contribution in [2.45, 2.75) is 25.2 Å². The molecule has 1 aliphatic heterocycles. The molecule has 0 fully saturated rings. The lowest BCUT2D eigenvalue weighted by molar-refractivity contribution is -0.192. The van der Waals surface area contributed by atoms with E-state index in [4.69, 9.17) is 14.6 Å². The van der Waals surface area contributed by atoms with E-state index in [1.165, 1.54) is 11.1 Å². The van der Waals surface area contributed by atoms with Crippen molar-refractivity contribution < 1.29 is 27.8 Å². The molecule has 11 heteroatoms. The second-order valence-electron chi connectivity index (χ2n) is 5.78. The first kappa shape index (κ1) is 19.9. The maximum atomic E-state index is 10.6. The Balaban J connectivity index is 0.000000298. The van der Waals surface area contributed by atoms with Crippen LogP contribution in [0.3, 0.4) is 0 Å². The number of carbonyl (C=O) groups is 1. The number of aromatic nitrogens is 4. The molecule has 2 aromatic heterocycles. The summed E-state index contributed by atoms with van der Waals surface area (Å²) in [5.74, 6) is -2.76. The molecule has 0 aromatic carbocycles. The van der Waals surface area contributed by atoms with Crippen LogP contribution in [0.4, 0.5) is 13.2 Å². The van der Waals surface area contributed by atoms with E-state index in [0.717, 1.165) is 31.8 Å². The molecule has 3 rings (SSSR count). The van der Waals surface area contributed by atoms with Crippen molar-refractivity contribution in [3.8, 4) is 0 Å². The molecule has 8 nitrogen and oxygen atoms in total. The van der Waals surface area contributed by atoms with Crippen LogP contribution in [0.2, 0.25) is 0 Å². The van der Waals surface area contributed by atoms with Crippen LogP contribution in [0.15, 0.2) is 18.6 Å². The second-order valence-corrected chi connectivity index (χ2v) is 5.78. The van der Waals surface area contributed by atoms with Gasteiger partial charge < -0.3 is 15.2 Å². The Kier molecular flexibility index (Phi) is 6.37. The SMILES string of the molecule is Cn1cc(CNCC2OCCc3cn(C)nc32)cn1.O=C(O)C(F)(F)F. The summed E-state index contributed by atoms with van der Waals surface area (Å²) in [6.45, 7) is 2.35. The molecule has 0 aliphatic carbocycles. The van der Waals surface area contributed by atoms with Crippen molar-refractivity contribution >= 4 is 5.97 Å². The predicted molar refractivity (Wildman–Crippen MR) is 84.2 cm³/mol. The Morgan fingerprint density at radius 2 is 2.08 bits per heavy atom. The summed E-state index contributed by atoms with van der Waals surface area (Å²) in [5.41, 5.74) is 3.56. The average molecular weight is 375 g/mol. The summed E-state index contributed by atoms with van der Waals surface area (Å²) in [6.07, 6.45) is 1.91. The van der Waals surface area contributed by atoms with E-state index < -0.39 is 12.1 Å². The van der Waals surface area contributed by atoms with Gasteiger partial charge in [-0.25, -0.2) is 4.79 Å². The minimum atomic E-state index is -5.08. The highest BCUT2D eigenvalue weighted by Crippen LogP contribution is 2.24. The summed E-state index contributed by atoms with van der Waals surface area (Å²) in [6, 6.07) is 0. The van der Waals surface area contributed by atoms with Crippen LogP contribution >= 0.6 is 0 Å². The molecule has 1 aliphatic rings. The van der Waals surface area contributed by atoms with Crippen molar-refractivity contribution in [2.24, 2.45) is 14.1 Å². The number of carboxylic acid groups (broad SMARTS) is 1. The number of nitrogens with one attached hydrogen (secondary N) is 1. The molecule has 1 atom stereocenters. The summed E-state index contributed by atoms with van der Waals surface area (Å²) < 4.78 is 41.2. The number of carboxylic acids is 1. The van der Waals surface area contributed by atoms with Crippen molar-refractivity contribution in [1.29, 1.82) is 0 Å². The summed E-state index contributed by atoms with van der Waals surface area (Å²) in [4.78, 5) is 8.90. The Morgan fingerprint density at radius 1 is 1.38 bits per heavy atom. The Hall–Kier alpha value is -2.40. The number of rotatable bonds is 4. The molecule has 0 saturated heterocycles. The van der Waals surface area contributed by atoms with Gasteiger partial charge in [0.25, 0.3) is 0 Å². The minimum absolute atomic E-state index is 0.0571. The highest BCUT2D eigenvalue weighted by molar-refractivity contribution is 5.73. The van der Waals surface area contributed by atoms with E-state index in [2.05, 4.69) is 21.7 Å². The lowest BCUT2D eigenvalue weighted by atomic mass is 10.1. The number of hydrogen-bond donors (Lipinski definition) is 2. The van der Waals surface area contributed by atoms with Crippen LogP contribution in [-0.4, -0.2) is 50.0 Å². The highest BCUT2D eigenvalue weighted by atomic mass is 19.4. The minimum Gasteiger partial charge on any atom is -0.475 e. The lowest BCUT2D eigenvalue weighted by Crippen LogP contribution is -2.27. The number of aliphatic carboxylic acids is 1. The van der Waals surface area contributed by atoms with Crippen molar-refractivity contribution in [2.75, 3.05) is 13.2 Å². The molecule has 0 spiro atoms. The maximum absolute atomic E-state index is 10.6. The molecule has 26 heavy (non-hydrogen) atoms. The van der Waals surface area contributed by atoms with Gasteiger partial charge in [-0.2, -0.15) is 23.4 Å². The zero-order chi connectivity index (χ0) is 19.3. The van der Waals surface area contributed by atoms with Gasteiger partial charge in [0, 0.05) is 45.1 Å². The van der Waals surface area contributed by atoms with Gasteiger partial charge >= 0.3 is 12.1 Å². The standard InChI is InChI=1S/C13H19N5O.C2HF3O2/c1-17-8-10(6-15-17)5-14-7-12-13-11(3-4-19-12)9-18(2)16-13;3-2(4,5)1(6)7/h6,8-9,12,14H,3-5,7H2,1-2H3;(H,6,7). The van der Waals surface area contributed by atoms with Gasteiger partial charge in [-0.1, -0.05) is 0 Å². The highest BCUT2D eigenvalue weighted by Gasteiger charge is 2.38. The van der Waals surface area contributed by atoms with E-state index in [1.54, 1.807) is 0 Å². The van der Waals surface area contributed by atoms with Crippen LogP contribution in [0, 0.1) is 0 Å². The first-order chi connectivity index (χ1) is 12.2. The number of aryl methyl sites for hydroxylation is 2. The van der Waals surface area contributed by atoms with Crippen LogP contribution in [0.5, 0.6) is 0 Å². The number of ether oxygens (including phenoxy) is 1. The quantitative estimate of drug-likeness (QED) is 0.834. The fourth-order valence-electron chi connectivity index (χ4n) is 2.47.